The summed E-state index contributed by atoms with van der Waals surface area (Å²) in [5.74, 6) is -0.0969. The molecule has 0 saturated heterocycles. The molecule has 2 aromatic carbocycles. The minimum absolute atomic E-state index is 0.0503. The van der Waals surface area contributed by atoms with Crippen molar-refractivity contribution in [3.8, 4) is 0 Å². The van der Waals surface area contributed by atoms with Crippen LogP contribution in [0.2, 0.25) is 10.0 Å². The first-order valence-corrected chi connectivity index (χ1v) is 11.6. The van der Waals surface area contributed by atoms with Crippen LogP contribution < -0.4 is 5.32 Å². The molecule has 31 heavy (non-hydrogen) atoms. The number of rotatable bonds is 5. The van der Waals surface area contributed by atoms with Crippen molar-refractivity contribution in [2.24, 2.45) is 0 Å². The summed E-state index contributed by atoms with van der Waals surface area (Å²) in [6.45, 7) is 6.99. The van der Waals surface area contributed by atoms with Gasteiger partial charge in [-0.05, 0) is 41.5 Å². The lowest BCUT2D eigenvalue weighted by Gasteiger charge is -2.14. The standard InChI is InChI=1S/C24H23Cl2N3OS/c1-24(2,3)21-14-31-23(27-21)28-22(30)10-16-13-29(12-15-4-6-17(25)7-5-15)20-9-8-18(26)11-19(16)20/h4-9,11,13-14H,10,12H2,1-3H3,(H,27,28,30). The molecule has 2 aromatic heterocycles. The predicted octanol–water partition coefficient (Wildman–Crippen LogP) is 6.93. The number of aromatic nitrogens is 2. The highest BCUT2D eigenvalue weighted by atomic mass is 35.5. The average molecular weight is 472 g/mol. The summed E-state index contributed by atoms with van der Waals surface area (Å²) in [5, 5.41) is 7.89. The number of halogens is 2. The van der Waals surface area contributed by atoms with Crippen LogP contribution in [0.1, 0.15) is 37.6 Å². The summed E-state index contributed by atoms with van der Waals surface area (Å²) in [6, 6.07) is 13.6. The van der Waals surface area contributed by atoms with E-state index >= 15 is 0 Å². The van der Waals surface area contributed by atoms with E-state index in [1.54, 1.807) is 0 Å². The van der Waals surface area contributed by atoms with Crippen LogP contribution in [0.5, 0.6) is 0 Å². The number of carbonyl (C=O) groups is 1. The quantitative estimate of drug-likeness (QED) is 0.342. The van der Waals surface area contributed by atoms with Gasteiger partial charge in [-0.25, -0.2) is 4.98 Å². The highest BCUT2D eigenvalue weighted by Crippen LogP contribution is 2.28. The van der Waals surface area contributed by atoms with E-state index < -0.39 is 0 Å². The molecule has 0 aliphatic heterocycles. The van der Waals surface area contributed by atoms with Crippen LogP contribution in [0.3, 0.4) is 0 Å². The highest BCUT2D eigenvalue weighted by Gasteiger charge is 2.19. The fraction of sp³-hybridized carbons (Fsp3) is 0.250. The number of anilines is 1. The number of carbonyl (C=O) groups excluding carboxylic acids is 1. The van der Waals surface area contributed by atoms with Crippen molar-refractivity contribution < 1.29 is 4.79 Å². The van der Waals surface area contributed by atoms with Crippen LogP contribution in [0.15, 0.2) is 54.0 Å². The Morgan fingerprint density at radius 3 is 2.48 bits per heavy atom. The third-order valence-electron chi connectivity index (χ3n) is 5.06. The number of benzene rings is 2. The molecule has 0 fully saturated rings. The van der Waals surface area contributed by atoms with Crippen molar-refractivity contribution in [3.05, 3.63) is 80.9 Å². The van der Waals surface area contributed by atoms with E-state index in [4.69, 9.17) is 23.2 Å². The maximum Gasteiger partial charge on any atom is 0.230 e. The normalized spacial score (nSPS) is 11.8. The zero-order valence-corrected chi connectivity index (χ0v) is 19.9. The number of thiazole rings is 1. The molecule has 0 aliphatic carbocycles. The molecule has 0 saturated carbocycles. The molecule has 1 N–H and O–H groups in total. The molecule has 0 atom stereocenters. The molecular weight excluding hydrogens is 449 g/mol. The van der Waals surface area contributed by atoms with E-state index in [2.05, 4.69) is 35.6 Å². The molecule has 0 radical (unpaired) electrons. The maximum atomic E-state index is 12.8. The van der Waals surface area contributed by atoms with Gasteiger partial charge in [0.25, 0.3) is 0 Å². The lowest BCUT2D eigenvalue weighted by Crippen LogP contribution is -2.15. The molecule has 1 amide bonds. The van der Waals surface area contributed by atoms with Crippen LogP contribution >= 0.6 is 34.5 Å². The number of hydrogen-bond acceptors (Lipinski definition) is 3. The number of amides is 1. The second-order valence-corrected chi connectivity index (χ2v) is 10.3. The Labute approximate surface area is 195 Å². The van der Waals surface area contributed by atoms with Gasteiger partial charge in [0.2, 0.25) is 5.91 Å². The molecule has 160 valence electrons. The van der Waals surface area contributed by atoms with Gasteiger partial charge < -0.3 is 9.88 Å². The lowest BCUT2D eigenvalue weighted by atomic mass is 9.93. The molecule has 0 bridgehead atoms. The summed E-state index contributed by atoms with van der Waals surface area (Å²) in [4.78, 5) is 17.3. The summed E-state index contributed by atoms with van der Waals surface area (Å²) in [7, 11) is 0. The SMILES string of the molecule is CC(C)(C)c1csc(NC(=O)Cc2cn(Cc3ccc(Cl)cc3)c3ccc(Cl)cc23)n1. The van der Waals surface area contributed by atoms with Gasteiger partial charge in [-0.2, -0.15) is 0 Å². The first kappa shape index (κ1) is 21.9. The number of nitrogens with one attached hydrogen (secondary N) is 1. The summed E-state index contributed by atoms with van der Waals surface area (Å²) in [5.41, 5.74) is 4.01. The van der Waals surface area contributed by atoms with Crippen molar-refractivity contribution in [1.82, 2.24) is 9.55 Å². The Morgan fingerprint density at radius 1 is 1.10 bits per heavy atom. The number of nitrogens with zero attached hydrogens (tertiary/aromatic N) is 2. The van der Waals surface area contributed by atoms with E-state index in [1.165, 1.54) is 11.3 Å². The molecule has 0 unspecified atom stereocenters. The van der Waals surface area contributed by atoms with E-state index in [-0.39, 0.29) is 17.7 Å². The maximum absolute atomic E-state index is 12.8. The van der Waals surface area contributed by atoms with Gasteiger partial charge in [0.1, 0.15) is 0 Å². The van der Waals surface area contributed by atoms with Gasteiger partial charge in [-0.1, -0.05) is 56.1 Å². The molecule has 4 rings (SSSR count). The molecule has 4 aromatic rings. The summed E-state index contributed by atoms with van der Waals surface area (Å²) >= 11 is 13.7. The van der Waals surface area contributed by atoms with Gasteiger partial charge in [0.05, 0.1) is 12.1 Å². The Hall–Kier alpha value is -2.34. The first-order valence-electron chi connectivity index (χ1n) is 9.96. The first-order chi connectivity index (χ1) is 14.7. The zero-order chi connectivity index (χ0) is 22.2. The molecule has 2 heterocycles. The van der Waals surface area contributed by atoms with Crippen molar-refractivity contribution in [2.75, 3.05) is 5.32 Å². The molecule has 7 heteroatoms. The molecular formula is C24H23Cl2N3OS. The Bertz CT molecular complexity index is 1240. The largest absolute Gasteiger partial charge is 0.343 e. The fourth-order valence-corrected chi connectivity index (χ4v) is 4.66. The van der Waals surface area contributed by atoms with Gasteiger partial charge in [-0.3, -0.25) is 4.79 Å². The van der Waals surface area contributed by atoms with E-state index in [1.807, 2.05) is 54.0 Å². The third kappa shape index (κ3) is 5.12. The van der Waals surface area contributed by atoms with Crippen molar-refractivity contribution in [2.45, 2.75) is 39.2 Å². The van der Waals surface area contributed by atoms with Crippen molar-refractivity contribution >= 4 is 56.5 Å². The number of fused-ring (bicyclic) bond motifs is 1. The van der Waals surface area contributed by atoms with Gasteiger partial charge >= 0.3 is 0 Å². The predicted molar refractivity (Wildman–Crippen MR) is 131 cm³/mol. The Kier molecular flexibility index (Phi) is 6.11. The minimum Gasteiger partial charge on any atom is -0.343 e. The fourth-order valence-electron chi connectivity index (χ4n) is 3.41. The van der Waals surface area contributed by atoms with Gasteiger partial charge in [0.15, 0.2) is 5.13 Å². The second kappa shape index (κ2) is 8.65. The lowest BCUT2D eigenvalue weighted by molar-refractivity contribution is -0.115. The van der Waals surface area contributed by atoms with Crippen LogP contribution in [0.25, 0.3) is 10.9 Å². The third-order valence-corrected chi connectivity index (χ3v) is 6.31. The molecule has 4 nitrogen and oxygen atoms in total. The Balaban J connectivity index is 1.58. The van der Waals surface area contributed by atoms with Crippen LogP contribution in [-0.2, 0) is 23.2 Å². The highest BCUT2D eigenvalue weighted by molar-refractivity contribution is 7.13. The summed E-state index contributed by atoms with van der Waals surface area (Å²) in [6.07, 6.45) is 2.27. The van der Waals surface area contributed by atoms with Crippen LogP contribution in [0.4, 0.5) is 5.13 Å². The van der Waals surface area contributed by atoms with E-state index in [0.717, 1.165) is 27.7 Å². The molecule has 0 spiro atoms. The summed E-state index contributed by atoms with van der Waals surface area (Å²) < 4.78 is 2.14. The monoisotopic (exact) mass is 471 g/mol. The Morgan fingerprint density at radius 2 is 1.81 bits per heavy atom. The van der Waals surface area contributed by atoms with Gasteiger partial charge in [-0.15, -0.1) is 11.3 Å². The van der Waals surface area contributed by atoms with Crippen LogP contribution in [0, 0.1) is 0 Å². The molecule has 0 aliphatic rings. The second-order valence-electron chi connectivity index (χ2n) is 8.58. The van der Waals surface area contributed by atoms with Crippen molar-refractivity contribution in [3.63, 3.8) is 0 Å². The minimum atomic E-state index is -0.0969. The topological polar surface area (TPSA) is 46.9 Å². The van der Waals surface area contributed by atoms with Crippen molar-refractivity contribution in [1.29, 1.82) is 0 Å². The number of hydrogen-bond donors (Lipinski definition) is 1. The average Bonchev–Trinajstić information content (AvgIpc) is 3.29. The zero-order valence-electron chi connectivity index (χ0n) is 17.6. The van der Waals surface area contributed by atoms with Crippen LogP contribution in [-0.4, -0.2) is 15.5 Å². The van der Waals surface area contributed by atoms with E-state index in [0.29, 0.717) is 21.7 Å². The van der Waals surface area contributed by atoms with Gasteiger partial charge in [0, 0.05) is 44.5 Å². The van der Waals surface area contributed by atoms with E-state index in [9.17, 15) is 4.79 Å². The smallest absolute Gasteiger partial charge is 0.230 e.